The van der Waals surface area contributed by atoms with Gasteiger partial charge in [-0.2, -0.15) is 0 Å². The van der Waals surface area contributed by atoms with E-state index in [1.54, 1.807) is 6.20 Å². The topological polar surface area (TPSA) is 80.0 Å². The lowest BCUT2D eigenvalue weighted by molar-refractivity contribution is 0.844. The molecule has 0 aliphatic heterocycles. The third kappa shape index (κ3) is 2.88. The minimum absolute atomic E-state index is 0.545. The predicted octanol–water partition coefficient (Wildman–Crippen LogP) is 3.20. The molecule has 1 aromatic carbocycles. The van der Waals surface area contributed by atoms with Gasteiger partial charge in [0.15, 0.2) is 11.6 Å². The second-order valence-electron chi connectivity index (χ2n) is 5.14. The van der Waals surface area contributed by atoms with Crippen molar-refractivity contribution in [3.05, 3.63) is 42.9 Å². The number of nitrogen functional groups attached to an aromatic ring is 1. The van der Waals surface area contributed by atoms with Gasteiger partial charge in [0.2, 0.25) is 0 Å². The maximum absolute atomic E-state index is 6.28. The minimum atomic E-state index is 0.545. The van der Waals surface area contributed by atoms with Crippen LogP contribution in [-0.4, -0.2) is 28.0 Å². The summed E-state index contributed by atoms with van der Waals surface area (Å²) < 4.78 is 0. The molecule has 6 nitrogen and oxygen atoms in total. The van der Waals surface area contributed by atoms with Gasteiger partial charge in [-0.3, -0.25) is 4.98 Å². The number of aromatic nitrogens is 3. The molecular formula is C17H20N6. The minimum Gasteiger partial charge on any atom is -0.393 e. The Kier molecular flexibility index (Phi) is 4.23. The summed E-state index contributed by atoms with van der Waals surface area (Å²) in [7, 11) is 0. The molecule has 0 spiro atoms. The Bertz CT molecular complexity index is 808. The smallest absolute Gasteiger partial charge is 0.159 e. The molecule has 0 bridgehead atoms. The number of nitrogens with zero attached hydrogens (tertiary/aromatic N) is 4. The molecule has 2 aromatic heterocycles. The maximum Gasteiger partial charge on any atom is 0.159 e. The van der Waals surface area contributed by atoms with E-state index in [-0.39, 0.29) is 0 Å². The van der Waals surface area contributed by atoms with Crippen molar-refractivity contribution in [1.29, 1.82) is 0 Å². The first-order valence-corrected chi connectivity index (χ1v) is 7.70. The van der Waals surface area contributed by atoms with Gasteiger partial charge in [0.1, 0.15) is 12.0 Å². The first-order chi connectivity index (χ1) is 11.2. The summed E-state index contributed by atoms with van der Waals surface area (Å²) in [5, 5.41) is 4.36. The number of hydrogen-bond acceptors (Lipinski definition) is 6. The highest BCUT2D eigenvalue weighted by molar-refractivity contribution is 5.93. The third-order valence-corrected chi connectivity index (χ3v) is 3.81. The number of para-hydroxylation sites is 1. The van der Waals surface area contributed by atoms with Crippen LogP contribution < -0.4 is 16.0 Å². The highest BCUT2D eigenvalue weighted by Gasteiger charge is 2.13. The number of fused-ring (bicyclic) bond motifs is 1. The number of anilines is 4. The van der Waals surface area contributed by atoms with Gasteiger partial charge < -0.3 is 16.0 Å². The molecule has 0 unspecified atom stereocenters. The van der Waals surface area contributed by atoms with E-state index in [4.69, 9.17) is 5.73 Å². The Balaban J connectivity index is 2.01. The summed E-state index contributed by atoms with van der Waals surface area (Å²) in [6, 6.07) is 9.92. The average molecular weight is 308 g/mol. The van der Waals surface area contributed by atoms with Gasteiger partial charge in [0.05, 0.1) is 11.2 Å². The second kappa shape index (κ2) is 6.48. The zero-order valence-corrected chi connectivity index (χ0v) is 13.3. The van der Waals surface area contributed by atoms with Gasteiger partial charge in [0, 0.05) is 24.7 Å². The first kappa shape index (κ1) is 15.0. The molecule has 3 rings (SSSR count). The SMILES string of the molecule is CCN(CC)c1ncnc(Nc2cccc3cccnc23)c1N. The summed E-state index contributed by atoms with van der Waals surface area (Å²) >= 11 is 0. The molecule has 0 saturated heterocycles. The van der Waals surface area contributed by atoms with Gasteiger partial charge in [-0.25, -0.2) is 9.97 Å². The largest absolute Gasteiger partial charge is 0.393 e. The van der Waals surface area contributed by atoms with Crippen LogP contribution in [0.1, 0.15) is 13.8 Å². The van der Waals surface area contributed by atoms with E-state index in [0.717, 1.165) is 35.5 Å². The molecule has 0 radical (unpaired) electrons. The standard InChI is InChI=1S/C17H20N6/c1-3-23(4-2)17-14(18)16(20-11-21-17)22-13-9-5-7-12-8-6-10-19-15(12)13/h5-11H,3-4,18H2,1-2H3,(H,20,21,22). The molecule has 118 valence electrons. The first-order valence-electron chi connectivity index (χ1n) is 7.70. The van der Waals surface area contributed by atoms with Crippen LogP contribution in [0.5, 0.6) is 0 Å². The Hall–Kier alpha value is -2.89. The van der Waals surface area contributed by atoms with Gasteiger partial charge >= 0.3 is 0 Å². The fourth-order valence-corrected chi connectivity index (χ4v) is 2.59. The second-order valence-corrected chi connectivity index (χ2v) is 5.14. The molecular weight excluding hydrogens is 288 g/mol. The molecule has 3 N–H and O–H groups in total. The van der Waals surface area contributed by atoms with Crippen LogP contribution in [0.15, 0.2) is 42.9 Å². The van der Waals surface area contributed by atoms with Crippen LogP contribution in [0.2, 0.25) is 0 Å². The van der Waals surface area contributed by atoms with Crippen LogP contribution in [0.3, 0.4) is 0 Å². The quantitative estimate of drug-likeness (QED) is 0.753. The molecule has 0 aliphatic carbocycles. The Morgan fingerprint density at radius 2 is 1.83 bits per heavy atom. The summed E-state index contributed by atoms with van der Waals surface area (Å²) in [4.78, 5) is 15.1. The zero-order valence-electron chi connectivity index (χ0n) is 13.3. The van der Waals surface area contributed by atoms with E-state index in [0.29, 0.717) is 11.5 Å². The van der Waals surface area contributed by atoms with E-state index in [1.165, 1.54) is 6.33 Å². The highest BCUT2D eigenvalue weighted by atomic mass is 15.2. The predicted molar refractivity (Wildman–Crippen MR) is 95.0 cm³/mol. The molecule has 2 heterocycles. The van der Waals surface area contributed by atoms with E-state index in [9.17, 15) is 0 Å². The van der Waals surface area contributed by atoms with Crippen LogP contribution >= 0.6 is 0 Å². The van der Waals surface area contributed by atoms with Crippen molar-refractivity contribution in [3.8, 4) is 0 Å². The molecule has 0 atom stereocenters. The summed E-state index contributed by atoms with van der Waals surface area (Å²) in [6.45, 7) is 5.83. The number of rotatable bonds is 5. The highest BCUT2D eigenvalue weighted by Crippen LogP contribution is 2.30. The van der Waals surface area contributed by atoms with Gasteiger partial charge in [-0.1, -0.05) is 18.2 Å². The normalized spacial score (nSPS) is 10.7. The van der Waals surface area contributed by atoms with Crippen LogP contribution in [-0.2, 0) is 0 Å². The molecule has 0 aliphatic rings. The van der Waals surface area contributed by atoms with Crippen molar-refractivity contribution in [1.82, 2.24) is 15.0 Å². The summed E-state index contributed by atoms with van der Waals surface area (Å²) in [5.74, 6) is 1.35. The van der Waals surface area contributed by atoms with E-state index in [1.807, 2.05) is 30.3 Å². The van der Waals surface area contributed by atoms with E-state index in [2.05, 4.69) is 39.0 Å². The molecule has 0 fully saturated rings. The Labute approximate surface area is 135 Å². The number of nitrogens with two attached hydrogens (primary N) is 1. The zero-order chi connectivity index (χ0) is 16.2. The van der Waals surface area contributed by atoms with E-state index >= 15 is 0 Å². The third-order valence-electron chi connectivity index (χ3n) is 3.81. The Morgan fingerprint density at radius 1 is 1.04 bits per heavy atom. The van der Waals surface area contributed by atoms with Crippen LogP contribution in [0.4, 0.5) is 23.0 Å². The molecule has 23 heavy (non-hydrogen) atoms. The number of hydrogen-bond donors (Lipinski definition) is 2. The van der Waals surface area contributed by atoms with Crippen molar-refractivity contribution >= 4 is 33.9 Å². The van der Waals surface area contributed by atoms with Crippen molar-refractivity contribution < 1.29 is 0 Å². The lowest BCUT2D eigenvalue weighted by Gasteiger charge is -2.22. The number of nitrogens with one attached hydrogen (secondary N) is 1. The monoisotopic (exact) mass is 308 g/mol. The van der Waals surface area contributed by atoms with Crippen molar-refractivity contribution in [2.75, 3.05) is 29.0 Å². The maximum atomic E-state index is 6.28. The lowest BCUT2D eigenvalue weighted by Crippen LogP contribution is -2.24. The van der Waals surface area contributed by atoms with Crippen LogP contribution in [0, 0.1) is 0 Å². The number of pyridine rings is 1. The summed E-state index contributed by atoms with van der Waals surface area (Å²) in [6.07, 6.45) is 3.31. The lowest BCUT2D eigenvalue weighted by atomic mass is 10.2. The van der Waals surface area contributed by atoms with Gasteiger partial charge in [-0.05, 0) is 26.0 Å². The van der Waals surface area contributed by atoms with Crippen molar-refractivity contribution in [2.24, 2.45) is 0 Å². The molecule has 6 heteroatoms. The average Bonchev–Trinajstić information content (AvgIpc) is 2.59. The number of benzene rings is 1. The fourth-order valence-electron chi connectivity index (χ4n) is 2.59. The van der Waals surface area contributed by atoms with Gasteiger partial charge in [0.25, 0.3) is 0 Å². The van der Waals surface area contributed by atoms with Crippen LogP contribution in [0.25, 0.3) is 10.9 Å². The molecule has 0 saturated carbocycles. The summed E-state index contributed by atoms with van der Waals surface area (Å²) in [5.41, 5.74) is 8.58. The molecule has 3 aromatic rings. The van der Waals surface area contributed by atoms with Gasteiger partial charge in [-0.15, -0.1) is 0 Å². The molecule has 0 amide bonds. The fraction of sp³-hybridized carbons (Fsp3) is 0.235. The van der Waals surface area contributed by atoms with E-state index < -0.39 is 0 Å². The Morgan fingerprint density at radius 3 is 2.61 bits per heavy atom. The van der Waals surface area contributed by atoms with Crippen molar-refractivity contribution in [2.45, 2.75) is 13.8 Å². The van der Waals surface area contributed by atoms with Crippen molar-refractivity contribution in [3.63, 3.8) is 0 Å².